The van der Waals surface area contributed by atoms with Crippen molar-refractivity contribution in [2.45, 2.75) is 13.8 Å². The quantitative estimate of drug-likeness (QED) is 0.0942. The summed E-state index contributed by atoms with van der Waals surface area (Å²) in [6.45, 7) is 12.8. The Morgan fingerprint density at radius 1 is 0.510 bits per heavy atom. The average Bonchev–Trinajstić information content (AvgIpc) is 3.16. The smallest absolute Gasteiger partial charge is 0.0618 e. The molecule has 0 aliphatic carbocycles. The van der Waals surface area contributed by atoms with Crippen molar-refractivity contribution in [1.82, 2.24) is 0 Å². The maximum atomic E-state index is 4.59. The van der Waals surface area contributed by atoms with Crippen LogP contribution >= 0.6 is 0 Å². The predicted octanol–water partition coefficient (Wildman–Crippen LogP) is 14.3. The van der Waals surface area contributed by atoms with Crippen LogP contribution in [0.4, 0.5) is 11.4 Å². The number of anilines is 2. The molecule has 0 aromatic heterocycles. The minimum absolute atomic E-state index is 0.876. The Morgan fingerprint density at radius 3 is 1.75 bits per heavy atom. The Kier molecular flexibility index (Phi) is 7.30. The molecule has 0 amide bonds. The molecule has 9 rings (SSSR count). The molecular formula is C50H37N. The molecule has 9 aromatic carbocycles. The van der Waals surface area contributed by atoms with Gasteiger partial charge in [-0.2, -0.15) is 0 Å². The van der Waals surface area contributed by atoms with Gasteiger partial charge in [-0.3, -0.25) is 0 Å². The average molecular weight is 652 g/mol. The van der Waals surface area contributed by atoms with E-state index >= 15 is 0 Å². The lowest BCUT2D eigenvalue weighted by Crippen LogP contribution is -2.15. The van der Waals surface area contributed by atoms with Gasteiger partial charge in [-0.05, 0) is 103 Å². The van der Waals surface area contributed by atoms with Crippen LogP contribution in [0.1, 0.15) is 12.5 Å². The van der Waals surface area contributed by atoms with E-state index in [2.05, 4.69) is 183 Å². The molecule has 1 nitrogen and oxygen atoms in total. The van der Waals surface area contributed by atoms with Crippen molar-refractivity contribution in [3.8, 4) is 22.3 Å². The number of benzene rings is 9. The van der Waals surface area contributed by atoms with Crippen LogP contribution in [0, 0.1) is 6.92 Å². The highest BCUT2D eigenvalue weighted by atomic mass is 15.1. The third-order valence-electron chi connectivity index (χ3n) is 10.3. The number of hydrogen-bond donors (Lipinski definition) is 0. The van der Waals surface area contributed by atoms with Gasteiger partial charge in [0.05, 0.1) is 5.69 Å². The fourth-order valence-corrected chi connectivity index (χ4v) is 7.93. The molecule has 0 aliphatic heterocycles. The number of allylic oxidation sites excluding steroid dienone is 3. The standard InChI is InChI=1S/C50H37N/c1-32(2)19-22-34(4)51(40-27-20-33(3)21-28-40)50-45-17-7-5-15-42(45)48(43-16-6-8-18-46(43)50)39-14-10-13-38(31-39)41-29-25-37-24-23-35-11-9-12-36-26-30-44(41)49(37)47(35)36/h5-31H,1,4H2,2-3H3/b22-19-. The van der Waals surface area contributed by atoms with Crippen molar-refractivity contribution in [2.24, 2.45) is 0 Å². The lowest BCUT2D eigenvalue weighted by atomic mass is 9.87. The Hall–Kier alpha value is -6.44. The van der Waals surface area contributed by atoms with Gasteiger partial charge in [-0.1, -0.05) is 164 Å². The number of aryl methyl sites for hydroxylation is 1. The number of fused-ring (bicyclic) bond motifs is 2. The van der Waals surface area contributed by atoms with E-state index in [0.717, 1.165) is 22.6 Å². The van der Waals surface area contributed by atoms with E-state index in [1.54, 1.807) is 0 Å². The van der Waals surface area contributed by atoms with Crippen LogP contribution in [0.5, 0.6) is 0 Å². The molecule has 0 radical (unpaired) electrons. The zero-order chi connectivity index (χ0) is 34.6. The molecule has 0 unspecified atom stereocenters. The summed E-state index contributed by atoms with van der Waals surface area (Å²) in [6.07, 6.45) is 4.10. The van der Waals surface area contributed by atoms with Crippen molar-refractivity contribution in [1.29, 1.82) is 0 Å². The van der Waals surface area contributed by atoms with Gasteiger partial charge in [0.15, 0.2) is 0 Å². The fraction of sp³-hybridized carbons (Fsp3) is 0.0400. The van der Waals surface area contributed by atoms with Gasteiger partial charge in [0.25, 0.3) is 0 Å². The number of nitrogens with zero attached hydrogens (tertiary/aromatic N) is 1. The first kappa shape index (κ1) is 30.6. The maximum absolute atomic E-state index is 4.59. The molecule has 0 fully saturated rings. The fourth-order valence-electron chi connectivity index (χ4n) is 7.93. The van der Waals surface area contributed by atoms with Crippen molar-refractivity contribution < 1.29 is 0 Å². The molecule has 0 saturated heterocycles. The van der Waals surface area contributed by atoms with E-state index < -0.39 is 0 Å². The first-order valence-electron chi connectivity index (χ1n) is 17.6. The summed E-state index contributed by atoms with van der Waals surface area (Å²) in [5.74, 6) is 0. The highest BCUT2D eigenvalue weighted by Crippen LogP contribution is 2.47. The minimum Gasteiger partial charge on any atom is -0.310 e. The van der Waals surface area contributed by atoms with Gasteiger partial charge in [0.1, 0.15) is 0 Å². The molecule has 0 aliphatic rings. The van der Waals surface area contributed by atoms with Gasteiger partial charge in [0, 0.05) is 22.2 Å². The number of rotatable bonds is 7. The first-order chi connectivity index (χ1) is 25.0. The minimum atomic E-state index is 0.876. The molecule has 0 atom stereocenters. The Morgan fingerprint density at radius 2 is 1.08 bits per heavy atom. The van der Waals surface area contributed by atoms with Crippen LogP contribution in [0.2, 0.25) is 0 Å². The summed E-state index contributed by atoms with van der Waals surface area (Å²) in [5, 5.41) is 12.6. The van der Waals surface area contributed by atoms with Crippen LogP contribution < -0.4 is 4.90 Å². The van der Waals surface area contributed by atoms with Crippen molar-refractivity contribution >= 4 is 65.2 Å². The summed E-state index contributed by atoms with van der Waals surface area (Å²) in [4.78, 5) is 2.30. The highest BCUT2D eigenvalue weighted by Gasteiger charge is 2.22. The molecule has 0 saturated carbocycles. The predicted molar refractivity (Wildman–Crippen MR) is 222 cm³/mol. The van der Waals surface area contributed by atoms with Gasteiger partial charge >= 0.3 is 0 Å². The van der Waals surface area contributed by atoms with Crippen LogP contribution in [0.25, 0.3) is 76.1 Å². The lowest BCUT2D eigenvalue weighted by Gasteiger charge is -2.30. The molecule has 242 valence electrons. The summed E-state index contributed by atoms with van der Waals surface area (Å²) >= 11 is 0. The van der Waals surface area contributed by atoms with E-state index in [9.17, 15) is 0 Å². The molecule has 0 spiro atoms. The molecule has 0 bridgehead atoms. The van der Waals surface area contributed by atoms with Crippen molar-refractivity contribution in [3.05, 3.63) is 194 Å². The van der Waals surface area contributed by atoms with E-state index in [1.807, 2.05) is 13.0 Å². The summed E-state index contributed by atoms with van der Waals surface area (Å²) in [6, 6.07) is 55.7. The van der Waals surface area contributed by atoms with Gasteiger partial charge in [-0.15, -0.1) is 0 Å². The lowest BCUT2D eigenvalue weighted by molar-refractivity contribution is 1.23. The van der Waals surface area contributed by atoms with E-state index in [1.165, 1.54) is 81.7 Å². The molecule has 0 heterocycles. The summed E-state index contributed by atoms with van der Waals surface area (Å²) in [7, 11) is 0. The van der Waals surface area contributed by atoms with E-state index in [0.29, 0.717) is 0 Å². The molecule has 1 heteroatoms. The molecule has 9 aromatic rings. The van der Waals surface area contributed by atoms with Gasteiger partial charge in [0.2, 0.25) is 0 Å². The number of hydrogen-bond acceptors (Lipinski definition) is 1. The highest BCUT2D eigenvalue weighted by molar-refractivity contribution is 6.26. The van der Waals surface area contributed by atoms with Crippen LogP contribution in [-0.4, -0.2) is 0 Å². The van der Waals surface area contributed by atoms with E-state index in [4.69, 9.17) is 0 Å². The zero-order valence-corrected chi connectivity index (χ0v) is 28.9. The van der Waals surface area contributed by atoms with Gasteiger partial charge < -0.3 is 4.90 Å². The topological polar surface area (TPSA) is 3.24 Å². The van der Waals surface area contributed by atoms with Crippen molar-refractivity contribution in [3.63, 3.8) is 0 Å². The van der Waals surface area contributed by atoms with Crippen LogP contribution in [0.15, 0.2) is 188 Å². The Bertz CT molecular complexity index is 2780. The summed E-state index contributed by atoms with van der Waals surface area (Å²) in [5.41, 5.74) is 10.1. The van der Waals surface area contributed by atoms with Crippen LogP contribution in [-0.2, 0) is 0 Å². The third-order valence-corrected chi connectivity index (χ3v) is 10.3. The first-order valence-corrected chi connectivity index (χ1v) is 17.6. The second kappa shape index (κ2) is 12.2. The van der Waals surface area contributed by atoms with Crippen molar-refractivity contribution in [2.75, 3.05) is 4.90 Å². The maximum Gasteiger partial charge on any atom is 0.0618 e. The zero-order valence-electron chi connectivity index (χ0n) is 28.9. The second-order valence-electron chi connectivity index (χ2n) is 13.7. The Balaban J connectivity index is 1.29. The monoisotopic (exact) mass is 651 g/mol. The van der Waals surface area contributed by atoms with Gasteiger partial charge in [-0.25, -0.2) is 0 Å². The third kappa shape index (κ3) is 5.09. The molecule has 51 heavy (non-hydrogen) atoms. The SMILES string of the molecule is C=C(C)/C=C\C(=C)N(c1ccc(C)cc1)c1c2ccccc2c(-c2cccc(-c3ccc4ccc5cccc6ccc3c4c56)c2)c2ccccc12. The summed E-state index contributed by atoms with van der Waals surface area (Å²) < 4.78 is 0. The Labute approximate surface area is 299 Å². The van der Waals surface area contributed by atoms with E-state index in [-0.39, 0.29) is 0 Å². The normalized spacial score (nSPS) is 11.8. The molecule has 0 N–H and O–H groups in total. The molecular weight excluding hydrogens is 615 g/mol. The largest absolute Gasteiger partial charge is 0.310 e. The van der Waals surface area contributed by atoms with Crippen LogP contribution in [0.3, 0.4) is 0 Å². The second-order valence-corrected chi connectivity index (χ2v) is 13.7.